The summed E-state index contributed by atoms with van der Waals surface area (Å²) in [5.41, 5.74) is 0.974. The molecule has 124 valence electrons. The predicted octanol–water partition coefficient (Wildman–Crippen LogP) is 3.72. The van der Waals surface area contributed by atoms with Gasteiger partial charge in [0.15, 0.2) is 9.84 Å². The number of sulfone groups is 1. The highest BCUT2D eigenvalue weighted by Crippen LogP contribution is 2.12. The van der Waals surface area contributed by atoms with Crippen LogP contribution in [0, 0.1) is 0 Å². The van der Waals surface area contributed by atoms with Crippen LogP contribution in [0.4, 0.5) is 0 Å². The number of aryl methyl sites for hydroxylation is 1. The molecular weight excluding hydrogens is 324 g/mol. The minimum absolute atomic E-state index is 0.160. The lowest BCUT2D eigenvalue weighted by atomic mass is 10.1. The highest BCUT2D eigenvalue weighted by Gasteiger charge is 2.10. The van der Waals surface area contributed by atoms with Crippen LogP contribution in [0.3, 0.4) is 0 Å². The van der Waals surface area contributed by atoms with Gasteiger partial charge in [0, 0.05) is 11.4 Å². The third-order valence-electron chi connectivity index (χ3n) is 3.46. The van der Waals surface area contributed by atoms with Crippen molar-refractivity contribution in [3.8, 4) is 0 Å². The molecule has 0 unspecified atom stereocenters. The number of hydrogen-bond donors (Lipinski definition) is 1. The summed E-state index contributed by atoms with van der Waals surface area (Å²) in [6.07, 6.45) is 4.59. The molecule has 4 nitrogen and oxygen atoms in total. The Kier molecular flexibility index (Phi) is 8.49. The van der Waals surface area contributed by atoms with E-state index in [0.29, 0.717) is 24.3 Å². The Morgan fingerprint density at radius 3 is 2.18 bits per heavy atom. The third kappa shape index (κ3) is 9.05. The molecule has 1 aromatic carbocycles. The van der Waals surface area contributed by atoms with Crippen molar-refractivity contribution in [1.29, 1.82) is 0 Å². The number of halogens is 1. The zero-order chi connectivity index (χ0) is 16.4. The molecule has 0 atom stereocenters. The van der Waals surface area contributed by atoms with Crippen molar-refractivity contribution in [2.24, 2.45) is 0 Å². The molecule has 1 rings (SSSR count). The fourth-order valence-electron chi connectivity index (χ4n) is 2.16. The van der Waals surface area contributed by atoms with Gasteiger partial charge in [0.1, 0.15) is 0 Å². The maximum atomic E-state index is 11.9. The Hall–Kier alpha value is -1.07. The second-order valence-corrected chi connectivity index (χ2v) is 8.18. The van der Waals surface area contributed by atoms with Crippen LogP contribution in [0.25, 0.3) is 0 Å². The number of carboxylic acids is 1. The van der Waals surface area contributed by atoms with Gasteiger partial charge in [-0.25, -0.2) is 8.42 Å². The Morgan fingerprint density at radius 2 is 1.55 bits per heavy atom. The van der Waals surface area contributed by atoms with E-state index in [1.54, 1.807) is 12.1 Å². The van der Waals surface area contributed by atoms with Crippen LogP contribution in [0.2, 0.25) is 5.02 Å². The summed E-state index contributed by atoms with van der Waals surface area (Å²) in [6, 6.07) is 7.22. The quantitative estimate of drug-likeness (QED) is 0.620. The molecule has 0 aliphatic carbocycles. The summed E-state index contributed by atoms with van der Waals surface area (Å²) < 4.78 is 23.9. The zero-order valence-electron chi connectivity index (χ0n) is 12.6. The minimum atomic E-state index is -3.02. The maximum absolute atomic E-state index is 11.9. The first-order valence-corrected chi connectivity index (χ1v) is 9.76. The lowest BCUT2D eigenvalue weighted by Gasteiger charge is -2.05. The molecule has 22 heavy (non-hydrogen) atoms. The van der Waals surface area contributed by atoms with E-state index in [2.05, 4.69) is 0 Å². The second-order valence-electron chi connectivity index (χ2n) is 5.44. The molecule has 0 saturated heterocycles. The van der Waals surface area contributed by atoms with Crippen molar-refractivity contribution in [3.05, 3.63) is 34.9 Å². The van der Waals surface area contributed by atoms with E-state index < -0.39 is 15.8 Å². The Morgan fingerprint density at radius 1 is 0.955 bits per heavy atom. The largest absolute Gasteiger partial charge is 0.481 e. The molecule has 0 bridgehead atoms. The molecule has 0 radical (unpaired) electrons. The van der Waals surface area contributed by atoms with E-state index in [4.69, 9.17) is 16.7 Å². The average molecular weight is 347 g/mol. The zero-order valence-corrected chi connectivity index (χ0v) is 14.2. The lowest BCUT2D eigenvalue weighted by Crippen LogP contribution is -2.13. The van der Waals surface area contributed by atoms with Gasteiger partial charge in [-0.1, -0.05) is 43.0 Å². The number of hydrogen-bond acceptors (Lipinski definition) is 3. The fraction of sp³-hybridized carbons (Fsp3) is 0.562. The molecule has 1 aromatic rings. The Labute approximate surface area is 137 Å². The van der Waals surface area contributed by atoms with Crippen molar-refractivity contribution in [1.82, 2.24) is 0 Å². The molecule has 0 aromatic heterocycles. The number of aliphatic carboxylic acids is 1. The van der Waals surface area contributed by atoms with Crippen LogP contribution >= 0.6 is 11.6 Å². The van der Waals surface area contributed by atoms with Gasteiger partial charge in [-0.15, -0.1) is 0 Å². The normalized spacial score (nSPS) is 11.5. The van der Waals surface area contributed by atoms with E-state index in [1.165, 1.54) is 0 Å². The van der Waals surface area contributed by atoms with E-state index in [-0.39, 0.29) is 17.9 Å². The van der Waals surface area contributed by atoms with Gasteiger partial charge in [-0.3, -0.25) is 4.79 Å². The third-order valence-corrected chi connectivity index (χ3v) is 5.45. The summed E-state index contributed by atoms with van der Waals surface area (Å²) in [7, 11) is -3.02. The lowest BCUT2D eigenvalue weighted by molar-refractivity contribution is -0.137. The smallest absolute Gasteiger partial charge is 0.303 e. The van der Waals surface area contributed by atoms with Crippen molar-refractivity contribution in [3.63, 3.8) is 0 Å². The number of benzene rings is 1. The molecule has 0 aliphatic rings. The van der Waals surface area contributed by atoms with Gasteiger partial charge in [0.25, 0.3) is 0 Å². The SMILES string of the molecule is O=C(O)CCCCCCCS(=O)(=O)CCc1ccc(Cl)cc1. The summed E-state index contributed by atoms with van der Waals surface area (Å²) in [5.74, 6) is -0.405. The van der Waals surface area contributed by atoms with E-state index >= 15 is 0 Å². The van der Waals surface area contributed by atoms with E-state index in [9.17, 15) is 13.2 Å². The topological polar surface area (TPSA) is 71.4 Å². The first-order chi connectivity index (χ1) is 10.4. The summed E-state index contributed by atoms with van der Waals surface area (Å²) >= 11 is 5.79. The predicted molar refractivity (Wildman–Crippen MR) is 89.1 cm³/mol. The van der Waals surface area contributed by atoms with Crippen molar-refractivity contribution < 1.29 is 18.3 Å². The van der Waals surface area contributed by atoms with Crippen LogP contribution < -0.4 is 0 Å². The van der Waals surface area contributed by atoms with Gasteiger partial charge in [0.2, 0.25) is 0 Å². The maximum Gasteiger partial charge on any atom is 0.303 e. The van der Waals surface area contributed by atoms with Crippen molar-refractivity contribution >= 4 is 27.4 Å². The van der Waals surface area contributed by atoms with Gasteiger partial charge < -0.3 is 5.11 Å². The van der Waals surface area contributed by atoms with Crippen LogP contribution in [0.15, 0.2) is 24.3 Å². The van der Waals surface area contributed by atoms with Crippen molar-refractivity contribution in [2.45, 2.75) is 44.9 Å². The monoisotopic (exact) mass is 346 g/mol. The number of carbonyl (C=O) groups is 1. The minimum Gasteiger partial charge on any atom is -0.481 e. The van der Waals surface area contributed by atoms with Crippen LogP contribution in [0.5, 0.6) is 0 Å². The number of rotatable bonds is 11. The molecule has 0 saturated carbocycles. The highest BCUT2D eigenvalue weighted by atomic mass is 35.5. The first kappa shape index (κ1) is 19.0. The number of unbranched alkanes of at least 4 members (excludes halogenated alkanes) is 4. The van der Waals surface area contributed by atoms with E-state index in [1.807, 2.05) is 12.1 Å². The van der Waals surface area contributed by atoms with Crippen LogP contribution in [-0.4, -0.2) is 31.0 Å². The van der Waals surface area contributed by atoms with Crippen LogP contribution in [0.1, 0.15) is 44.1 Å². The Balaban J connectivity index is 2.16. The van der Waals surface area contributed by atoms with Gasteiger partial charge >= 0.3 is 5.97 Å². The summed E-state index contributed by atoms with van der Waals surface area (Å²) in [5, 5.41) is 9.15. The van der Waals surface area contributed by atoms with Gasteiger partial charge in [-0.2, -0.15) is 0 Å². The van der Waals surface area contributed by atoms with Crippen LogP contribution in [-0.2, 0) is 21.1 Å². The molecule has 0 fully saturated rings. The summed E-state index contributed by atoms with van der Waals surface area (Å²) in [4.78, 5) is 10.3. The number of carboxylic acid groups (broad SMARTS) is 1. The molecule has 0 heterocycles. The molecule has 0 amide bonds. The second kappa shape index (κ2) is 9.85. The van der Waals surface area contributed by atoms with Gasteiger partial charge in [-0.05, 0) is 37.0 Å². The standard InChI is InChI=1S/C16H23ClO4S/c17-15-9-7-14(8-10-15)11-13-22(20,21)12-5-3-1-2-4-6-16(18)19/h7-10H,1-6,11-13H2,(H,18,19). The molecular formula is C16H23ClO4S. The molecule has 0 aliphatic heterocycles. The highest BCUT2D eigenvalue weighted by molar-refractivity contribution is 7.91. The first-order valence-electron chi connectivity index (χ1n) is 7.56. The average Bonchev–Trinajstić information content (AvgIpc) is 2.45. The Bertz CT molecular complexity index is 552. The molecule has 0 spiro atoms. The van der Waals surface area contributed by atoms with E-state index in [0.717, 1.165) is 24.8 Å². The summed E-state index contributed by atoms with van der Waals surface area (Å²) in [6.45, 7) is 0. The van der Waals surface area contributed by atoms with Gasteiger partial charge in [0.05, 0.1) is 11.5 Å². The molecule has 1 N–H and O–H groups in total. The van der Waals surface area contributed by atoms with Crippen molar-refractivity contribution in [2.75, 3.05) is 11.5 Å². The fourth-order valence-corrected chi connectivity index (χ4v) is 3.68. The molecule has 6 heteroatoms.